The van der Waals surface area contributed by atoms with Crippen LogP contribution in [0.3, 0.4) is 0 Å². The molecule has 3 nitrogen and oxygen atoms in total. The Morgan fingerprint density at radius 2 is 2.29 bits per heavy atom. The molecule has 14 heavy (non-hydrogen) atoms. The van der Waals surface area contributed by atoms with Crippen molar-refractivity contribution in [2.75, 3.05) is 6.61 Å². The predicted molar refractivity (Wildman–Crippen MR) is 57.0 cm³/mol. The van der Waals surface area contributed by atoms with Crippen LogP contribution < -0.4 is 5.32 Å². The summed E-state index contributed by atoms with van der Waals surface area (Å²) >= 11 is 0. The van der Waals surface area contributed by atoms with Crippen LogP contribution >= 0.6 is 0 Å². The van der Waals surface area contributed by atoms with Gasteiger partial charge in [0.2, 0.25) is 0 Å². The fourth-order valence-electron chi connectivity index (χ4n) is 1.20. The zero-order valence-electron chi connectivity index (χ0n) is 8.83. The van der Waals surface area contributed by atoms with E-state index in [1.54, 1.807) is 0 Å². The zero-order chi connectivity index (χ0) is 10.4. The summed E-state index contributed by atoms with van der Waals surface area (Å²) < 4.78 is 0. The molecule has 0 aliphatic rings. The average molecular weight is 194 g/mol. The number of nitrogens with zero attached hydrogens (tertiary/aromatic N) is 1. The van der Waals surface area contributed by atoms with Crippen LogP contribution in [0.25, 0.3) is 0 Å². The lowest BCUT2D eigenvalue weighted by atomic mass is 10.2. The molecule has 0 aliphatic heterocycles. The van der Waals surface area contributed by atoms with Gasteiger partial charge in [0.1, 0.15) is 0 Å². The first-order valence-electron chi connectivity index (χ1n) is 5.02. The minimum absolute atomic E-state index is 0.190. The molecule has 0 radical (unpaired) electrons. The molecular weight excluding hydrogens is 176 g/mol. The Hall–Kier alpha value is -0.930. The largest absolute Gasteiger partial charge is 0.395 e. The number of hydrogen-bond acceptors (Lipinski definition) is 3. The minimum Gasteiger partial charge on any atom is -0.395 e. The molecule has 78 valence electrons. The van der Waals surface area contributed by atoms with Gasteiger partial charge in [0.05, 0.1) is 6.61 Å². The van der Waals surface area contributed by atoms with Gasteiger partial charge in [0, 0.05) is 24.5 Å². The van der Waals surface area contributed by atoms with Gasteiger partial charge in [0.15, 0.2) is 0 Å². The zero-order valence-corrected chi connectivity index (χ0v) is 8.83. The summed E-state index contributed by atoms with van der Waals surface area (Å²) in [4.78, 5) is 4.21. The van der Waals surface area contributed by atoms with Crippen molar-refractivity contribution in [1.82, 2.24) is 10.3 Å². The standard InChI is InChI=1S/C11H18N2O/c1-3-11(8-14)13-7-10-5-4-9(2)12-6-10/h4-6,11,13-14H,3,7-8H2,1-2H3/t11-/m0/s1. The Kier molecular flexibility index (Phi) is 4.56. The summed E-state index contributed by atoms with van der Waals surface area (Å²) in [5, 5.41) is 12.2. The Bertz CT molecular complexity index is 254. The highest BCUT2D eigenvalue weighted by Gasteiger charge is 2.02. The lowest BCUT2D eigenvalue weighted by Gasteiger charge is -2.13. The Balaban J connectivity index is 2.41. The third-order valence-electron chi connectivity index (χ3n) is 2.28. The van der Waals surface area contributed by atoms with Gasteiger partial charge in [-0.25, -0.2) is 0 Å². The SMILES string of the molecule is CC[C@@H](CO)NCc1ccc(C)nc1. The van der Waals surface area contributed by atoms with E-state index in [0.717, 1.165) is 24.2 Å². The normalized spacial score (nSPS) is 12.8. The molecule has 0 saturated carbocycles. The van der Waals surface area contributed by atoms with E-state index in [1.807, 2.05) is 19.2 Å². The molecule has 1 rings (SSSR count). The number of aryl methyl sites for hydroxylation is 1. The quantitative estimate of drug-likeness (QED) is 0.741. The van der Waals surface area contributed by atoms with Gasteiger partial charge >= 0.3 is 0 Å². The molecule has 0 saturated heterocycles. The van der Waals surface area contributed by atoms with E-state index in [-0.39, 0.29) is 12.6 Å². The van der Waals surface area contributed by atoms with Gasteiger partial charge in [-0.3, -0.25) is 4.98 Å². The molecule has 1 aromatic heterocycles. The predicted octanol–water partition coefficient (Wildman–Crippen LogP) is 1.25. The van der Waals surface area contributed by atoms with E-state index >= 15 is 0 Å². The maximum atomic E-state index is 8.97. The highest BCUT2D eigenvalue weighted by Crippen LogP contribution is 2.00. The van der Waals surface area contributed by atoms with Crippen molar-refractivity contribution in [2.45, 2.75) is 32.9 Å². The molecule has 1 heterocycles. The van der Waals surface area contributed by atoms with Gasteiger partial charge in [-0.15, -0.1) is 0 Å². The van der Waals surface area contributed by atoms with E-state index in [9.17, 15) is 0 Å². The number of hydrogen-bond donors (Lipinski definition) is 2. The molecule has 1 atom stereocenters. The van der Waals surface area contributed by atoms with Crippen molar-refractivity contribution in [3.63, 3.8) is 0 Å². The molecule has 0 unspecified atom stereocenters. The summed E-state index contributed by atoms with van der Waals surface area (Å²) in [5.41, 5.74) is 2.19. The van der Waals surface area contributed by atoms with Crippen LogP contribution in [0.4, 0.5) is 0 Å². The van der Waals surface area contributed by atoms with Crippen molar-refractivity contribution >= 4 is 0 Å². The van der Waals surface area contributed by atoms with Crippen LogP contribution in [0, 0.1) is 6.92 Å². The molecule has 3 heteroatoms. The summed E-state index contributed by atoms with van der Waals surface area (Å²) in [6.07, 6.45) is 2.81. The van der Waals surface area contributed by atoms with Gasteiger partial charge in [-0.05, 0) is 25.0 Å². The monoisotopic (exact) mass is 194 g/mol. The van der Waals surface area contributed by atoms with E-state index in [4.69, 9.17) is 5.11 Å². The number of aliphatic hydroxyl groups excluding tert-OH is 1. The van der Waals surface area contributed by atoms with Crippen LogP contribution in [0.1, 0.15) is 24.6 Å². The highest BCUT2D eigenvalue weighted by molar-refractivity contribution is 5.12. The van der Waals surface area contributed by atoms with Crippen LogP contribution in [-0.4, -0.2) is 22.7 Å². The molecule has 0 spiro atoms. The third-order valence-corrected chi connectivity index (χ3v) is 2.28. The summed E-state index contributed by atoms with van der Waals surface area (Å²) in [7, 11) is 0. The number of aliphatic hydroxyl groups is 1. The topological polar surface area (TPSA) is 45.1 Å². The summed E-state index contributed by atoms with van der Waals surface area (Å²) in [5.74, 6) is 0. The maximum Gasteiger partial charge on any atom is 0.0584 e. The van der Waals surface area contributed by atoms with E-state index < -0.39 is 0 Å². The van der Waals surface area contributed by atoms with Crippen LogP contribution in [-0.2, 0) is 6.54 Å². The molecule has 0 aromatic carbocycles. The second-order valence-electron chi connectivity index (χ2n) is 3.48. The second kappa shape index (κ2) is 5.73. The van der Waals surface area contributed by atoms with Crippen molar-refractivity contribution in [3.05, 3.63) is 29.6 Å². The molecular formula is C11H18N2O. The Morgan fingerprint density at radius 3 is 2.79 bits per heavy atom. The van der Waals surface area contributed by atoms with Crippen LogP contribution in [0.5, 0.6) is 0 Å². The first kappa shape index (κ1) is 11.1. The van der Waals surface area contributed by atoms with Gasteiger partial charge in [0.25, 0.3) is 0 Å². The van der Waals surface area contributed by atoms with E-state index in [0.29, 0.717) is 0 Å². The minimum atomic E-state index is 0.190. The number of nitrogens with one attached hydrogen (secondary N) is 1. The van der Waals surface area contributed by atoms with Crippen LogP contribution in [0.15, 0.2) is 18.3 Å². The van der Waals surface area contributed by atoms with Crippen molar-refractivity contribution < 1.29 is 5.11 Å². The van der Waals surface area contributed by atoms with Crippen molar-refractivity contribution in [2.24, 2.45) is 0 Å². The Morgan fingerprint density at radius 1 is 1.50 bits per heavy atom. The Labute approximate surface area is 85.2 Å². The van der Waals surface area contributed by atoms with Crippen LogP contribution in [0.2, 0.25) is 0 Å². The molecule has 0 amide bonds. The molecule has 1 aromatic rings. The third kappa shape index (κ3) is 3.44. The molecule has 0 bridgehead atoms. The first-order valence-corrected chi connectivity index (χ1v) is 5.02. The summed E-state index contributed by atoms with van der Waals surface area (Å²) in [6.45, 7) is 4.99. The van der Waals surface area contributed by atoms with Gasteiger partial charge in [-0.2, -0.15) is 0 Å². The molecule has 0 fully saturated rings. The molecule has 2 N–H and O–H groups in total. The average Bonchev–Trinajstić information content (AvgIpc) is 2.22. The number of rotatable bonds is 5. The smallest absolute Gasteiger partial charge is 0.0584 e. The van der Waals surface area contributed by atoms with Gasteiger partial charge in [-0.1, -0.05) is 13.0 Å². The van der Waals surface area contributed by atoms with Crippen molar-refractivity contribution in [1.29, 1.82) is 0 Å². The lowest BCUT2D eigenvalue weighted by molar-refractivity contribution is 0.238. The van der Waals surface area contributed by atoms with E-state index in [2.05, 4.69) is 23.3 Å². The highest BCUT2D eigenvalue weighted by atomic mass is 16.3. The maximum absolute atomic E-state index is 8.97. The number of pyridine rings is 1. The number of aromatic nitrogens is 1. The fourth-order valence-corrected chi connectivity index (χ4v) is 1.20. The lowest BCUT2D eigenvalue weighted by Crippen LogP contribution is -2.31. The summed E-state index contributed by atoms with van der Waals surface area (Å²) in [6, 6.07) is 4.24. The first-order chi connectivity index (χ1) is 6.76. The van der Waals surface area contributed by atoms with Gasteiger partial charge < -0.3 is 10.4 Å². The second-order valence-corrected chi connectivity index (χ2v) is 3.48. The fraction of sp³-hybridized carbons (Fsp3) is 0.545. The van der Waals surface area contributed by atoms with Crippen molar-refractivity contribution in [3.8, 4) is 0 Å². The van der Waals surface area contributed by atoms with E-state index in [1.165, 1.54) is 0 Å². The molecule has 0 aliphatic carbocycles.